The minimum absolute atomic E-state index is 0.0757. The quantitative estimate of drug-likeness (QED) is 0.842. The summed E-state index contributed by atoms with van der Waals surface area (Å²) in [5.41, 5.74) is 2.33. The van der Waals surface area contributed by atoms with E-state index in [9.17, 15) is 0 Å². The summed E-state index contributed by atoms with van der Waals surface area (Å²) in [7, 11) is 0. The maximum absolute atomic E-state index is 8.67. The monoisotopic (exact) mass is 257 g/mol. The molecule has 1 fully saturated rings. The van der Waals surface area contributed by atoms with E-state index in [-0.39, 0.29) is 6.61 Å². The smallest absolute Gasteiger partial charge is 0.104 e. The normalized spacial score (nSPS) is 19.8. The van der Waals surface area contributed by atoms with Gasteiger partial charge in [0.15, 0.2) is 0 Å². The number of piperidine rings is 1. The van der Waals surface area contributed by atoms with E-state index in [1.807, 2.05) is 12.1 Å². The number of nitrogens with zero attached hydrogens (tertiary/aromatic N) is 1. The second-order valence-corrected chi connectivity index (χ2v) is 5.19. The third kappa shape index (κ3) is 4.09. The number of benzene rings is 1. The maximum atomic E-state index is 8.67. The van der Waals surface area contributed by atoms with Gasteiger partial charge >= 0.3 is 0 Å². The van der Waals surface area contributed by atoms with Crippen molar-refractivity contribution in [1.29, 1.82) is 0 Å². The summed E-state index contributed by atoms with van der Waals surface area (Å²) >= 11 is 0. The molecule has 1 atom stereocenters. The van der Waals surface area contributed by atoms with Gasteiger partial charge in [0.25, 0.3) is 0 Å². The van der Waals surface area contributed by atoms with E-state index in [4.69, 9.17) is 5.11 Å². The number of hydrogen-bond donors (Lipinski definition) is 1. The first-order valence-electron chi connectivity index (χ1n) is 7.26. The van der Waals surface area contributed by atoms with Crippen LogP contribution in [-0.4, -0.2) is 29.2 Å². The lowest BCUT2D eigenvalue weighted by Crippen LogP contribution is -2.38. The molecule has 0 aromatic heterocycles. The fourth-order valence-electron chi connectivity index (χ4n) is 2.80. The lowest BCUT2D eigenvalue weighted by Gasteiger charge is -2.35. The van der Waals surface area contributed by atoms with Gasteiger partial charge in [-0.2, -0.15) is 0 Å². The summed E-state index contributed by atoms with van der Waals surface area (Å²) < 4.78 is 0. The van der Waals surface area contributed by atoms with E-state index in [1.54, 1.807) is 0 Å². The van der Waals surface area contributed by atoms with Crippen molar-refractivity contribution in [3.63, 3.8) is 0 Å². The van der Waals surface area contributed by atoms with Crippen molar-refractivity contribution >= 4 is 0 Å². The third-order valence-electron chi connectivity index (χ3n) is 3.87. The van der Waals surface area contributed by atoms with Crippen LogP contribution in [0.3, 0.4) is 0 Å². The lowest BCUT2D eigenvalue weighted by atomic mass is 9.99. The molecule has 0 bridgehead atoms. The Morgan fingerprint density at radius 1 is 1.26 bits per heavy atom. The van der Waals surface area contributed by atoms with Crippen molar-refractivity contribution in [3.8, 4) is 11.8 Å². The van der Waals surface area contributed by atoms with Gasteiger partial charge in [-0.05, 0) is 43.5 Å². The minimum atomic E-state index is -0.0757. The predicted molar refractivity (Wildman–Crippen MR) is 78.7 cm³/mol. The van der Waals surface area contributed by atoms with Crippen molar-refractivity contribution in [3.05, 3.63) is 35.4 Å². The molecule has 102 valence electrons. The summed E-state index contributed by atoms with van der Waals surface area (Å²) in [6.07, 6.45) is 5.30. The minimum Gasteiger partial charge on any atom is -0.384 e. The molecule has 2 rings (SSSR count). The van der Waals surface area contributed by atoms with Crippen LogP contribution in [0, 0.1) is 11.8 Å². The fourth-order valence-corrected chi connectivity index (χ4v) is 2.80. The van der Waals surface area contributed by atoms with Crippen LogP contribution in [0.4, 0.5) is 0 Å². The van der Waals surface area contributed by atoms with Crippen LogP contribution in [0.25, 0.3) is 0 Å². The molecule has 0 aliphatic carbocycles. The van der Waals surface area contributed by atoms with Crippen LogP contribution >= 0.6 is 0 Å². The Kier molecular flexibility index (Phi) is 5.44. The zero-order valence-electron chi connectivity index (χ0n) is 11.7. The van der Waals surface area contributed by atoms with E-state index >= 15 is 0 Å². The molecule has 1 aliphatic heterocycles. The van der Waals surface area contributed by atoms with E-state index in [1.165, 1.54) is 37.8 Å². The fraction of sp³-hybridized carbons (Fsp3) is 0.529. The predicted octanol–water partition coefficient (Wildman–Crippen LogP) is 2.79. The Bertz CT molecular complexity index is 441. The average molecular weight is 257 g/mol. The summed E-state index contributed by atoms with van der Waals surface area (Å²) in [5, 5.41) is 8.67. The number of rotatable bonds is 3. The maximum Gasteiger partial charge on any atom is 0.104 e. The second-order valence-electron chi connectivity index (χ2n) is 5.19. The molecule has 0 amide bonds. The van der Waals surface area contributed by atoms with Gasteiger partial charge in [0.05, 0.1) is 0 Å². The molecule has 1 aliphatic rings. The van der Waals surface area contributed by atoms with Crippen LogP contribution in [0.15, 0.2) is 24.3 Å². The molecule has 2 heteroatoms. The summed E-state index contributed by atoms with van der Waals surface area (Å²) in [6, 6.07) is 9.15. The standard InChI is InChI=1S/C17H23NO/c1-2-17-7-3-4-12-18(17)14-16-10-8-15(9-11-16)6-5-13-19/h8-11,17,19H,2-4,7,12-14H2,1H3. The third-order valence-corrected chi connectivity index (χ3v) is 3.87. The highest BCUT2D eigenvalue weighted by Gasteiger charge is 2.20. The molecule has 1 heterocycles. The van der Waals surface area contributed by atoms with E-state index in [0.29, 0.717) is 0 Å². The van der Waals surface area contributed by atoms with E-state index in [0.717, 1.165) is 18.2 Å². The summed E-state index contributed by atoms with van der Waals surface area (Å²) in [6.45, 7) is 4.49. The SMILES string of the molecule is CCC1CCCCN1Cc1ccc(C#CCO)cc1. The zero-order valence-corrected chi connectivity index (χ0v) is 11.7. The van der Waals surface area contributed by atoms with Crippen molar-refractivity contribution in [2.75, 3.05) is 13.2 Å². The Morgan fingerprint density at radius 2 is 2.05 bits per heavy atom. The van der Waals surface area contributed by atoms with Crippen molar-refractivity contribution < 1.29 is 5.11 Å². The Balaban J connectivity index is 1.98. The molecular formula is C17H23NO. The van der Waals surface area contributed by atoms with Crippen LogP contribution in [-0.2, 0) is 6.54 Å². The first-order chi connectivity index (χ1) is 9.33. The van der Waals surface area contributed by atoms with E-state index < -0.39 is 0 Å². The number of aliphatic hydroxyl groups excluding tert-OH is 1. The second kappa shape index (κ2) is 7.33. The van der Waals surface area contributed by atoms with Gasteiger partial charge in [-0.15, -0.1) is 0 Å². The molecule has 1 saturated heterocycles. The Morgan fingerprint density at radius 3 is 2.74 bits per heavy atom. The summed E-state index contributed by atoms with van der Waals surface area (Å²) in [5.74, 6) is 5.61. The number of likely N-dealkylation sites (tertiary alicyclic amines) is 1. The first kappa shape index (κ1) is 14.1. The van der Waals surface area contributed by atoms with Crippen LogP contribution in [0.2, 0.25) is 0 Å². The lowest BCUT2D eigenvalue weighted by molar-refractivity contribution is 0.136. The highest BCUT2D eigenvalue weighted by Crippen LogP contribution is 2.21. The van der Waals surface area contributed by atoms with Crippen molar-refractivity contribution in [2.45, 2.75) is 45.2 Å². The zero-order chi connectivity index (χ0) is 13.5. The van der Waals surface area contributed by atoms with Crippen molar-refractivity contribution in [1.82, 2.24) is 4.90 Å². The number of aliphatic hydroxyl groups is 1. The molecule has 0 saturated carbocycles. The number of hydrogen-bond acceptors (Lipinski definition) is 2. The molecule has 1 aromatic rings. The first-order valence-corrected chi connectivity index (χ1v) is 7.26. The Hall–Kier alpha value is -1.30. The van der Waals surface area contributed by atoms with Crippen LogP contribution in [0.5, 0.6) is 0 Å². The van der Waals surface area contributed by atoms with Gasteiger partial charge < -0.3 is 5.11 Å². The molecular weight excluding hydrogens is 234 g/mol. The highest BCUT2D eigenvalue weighted by atomic mass is 16.2. The molecule has 1 N–H and O–H groups in total. The molecule has 1 aromatic carbocycles. The van der Waals surface area contributed by atoms with Crippen LogP contribution < -0.4 is 0 Å². The van der Waals surface area contributed by atoms with E-state index in [2.05, 4.69) is 35.8 Å². The highest BCUT2D eigenvalue weighted by molar-refractivity contribution is 5.36. The van der Waals surface area contributed by atoms with Gasteiger partial charge in [-0.25, -0.2) is 0 Å². The van der Waals surface area contributed by atoms with Crippen molar-refractivity contribution in [2.24, 2.45) is 0 Å². The summed E-state index contributed by atoms with van der Waals surface area (Å²) in [4.78, 5) is 2.61. The topological polar surface area (TPSA) is 23.5 Å². The molecule has 1 unspecified atom stereocenters. The molecule has 19 heavy (non-hydrogen) atoms. The van der Waals surface area contributed by atoms with Gasteiger partial charge in [-0.3, -0.25) is 4.90 Å². The van der Waals surface area contributed by atoms with Gasteiger partial charge in [-0.1, -0.05) is 37.3 Å². The van der Waals surface area contributed by atoms with Crippen LogP contribution in [0.1, 0.15) is 43.7 Å². The molecule has 2 nitrogen and oxygen atoms in total. The van der Waals surface area contributed by atoms with Gasteiger partial charge in [0, 0.05) is 18.2 Å². The Labute approximate surface area is 116 Å². The average Bonchev–Trinajstić information content (AvgIpc) is 2.47. The van der Waals surface area contributed by atoms with Gasteiger partial charge in [0.2, 0.25) is 0 Å². The molecule has 0 radical (unpaired) electrons. The molecule has 0 spiro atoms. The van der Waals surface area contributed by atoms with Gasteiger partial charge in [0.1, 0.15) is 6.61 Å². The largest absolute Gasteiger partial charge is 0.384 e.